The minimum atomic E-state index is -4.04. The lowest BCUT2D eigenvalue weighted by atomic mass is 9.70. The minimum Gasteiger partial charge on any atom is -0.483 e. The number of nitrogens with zero attached hydrogens (tertiary/aromatic N) is 2. The number of benzene rings is 4. The number of hydrogen-bond acceptors (Lipinski definition) is 12. The van der Waals surface area contributed by atoms with Crippen molar-refractivity contribution in [1.29, 1.82) is 10.5 Å². The van der Waals surface area contributed by atoms with Gasteiger partial charge in [0.05, 0.1) is 45.6 Å². The molecular weight excluding hydrogens is 877 g/mol. The van der Waals surface area contributed by atoms with Gasteiger partial charge in [-0.15, -0.1) is 0 Å². The van der Waals surface area contributed by atoms with E-state index in [9.17, 15) is 36.9 Å². The largest absolute Gasteiger partial charge is 0.483 e. The second-order valence-electron chi connectivity index (χ2n) is 20.2. The smallest absolute Gasteiger partial charge is 0.268 e. The van der Waals surface area contributed by atoms with Gasteiger partial charge in [-0.25, -0.2) is 0 Å². The van der Waals surface area contributed by atoms with Gasteiger partial charge in [0.25, 0.3) is 20.2 Å². The van der Waals surface area contributed by atoms with E-state index in [0.29, 0.717) is 48.3 Å². The first kappa shape index (κ1) is 45.8. The van der Waals surface area contributed by atoms with Crippen molar-refractivity contribution < 1.29 is 44.3 Å². The van der Waals surface area contributed by atoms with Crippen LogP contribution in [0, 0.1) is 56.2 Å². The summed E-state index contributed by atoms with van der Waals surface area (Å²) in [5.74, 6) is 1.17. The molecule has 0 radical (unpaired) electrons. The molecule has 4 saturated carbocycles. The molecule has 66 heavy (non-hydrogen) atoms. The Bertz CT molecular complexity index is 2690. The minimum absolute atomic E-state index is 0.0411. The second kappa shape index (κ2) is 16.7. The van der Waals surface area contributed by atoms with Crippen LogP contribution in [0.5, 0.6) is 11.5 Å². The normalized spacial score (nSPS) is 29.8. The van der Waals surface area contributed by atoms with Crippen LogP contribution in [0.2, 0.25) is 0 Å². The summed E-state index contributed by atoms with van der Waals surface area (Å²) in [6.45, 7) is 8.06. The lowest BCUT2D eigenvalue weighted by Crippen LogP contribution is -2.44. The van der Waals surface area contributed by atoms with Crippen LogP contribution in [0.15, 0.2) is 97.1 Å². The van der Waals surface area contributed by atoms with E-state index in [-0.39, 0.29) is 58.6 Å². The number of nitriles is 2. The van der Waals surface area contributed by atoms with Crippen molar-refractivity contribution in [3.05, 3.63) is 130 Å². The van der Waals surface area contributed by atoms with Crippen LogP contribution in [-0.4, -0.2) is 52.1 Å². The standard InChI is InChI=1S/2C26H27NO5S/c2*1-25(2)20-10-11-26(25,23(28)14-20)16-33(29,30)32-22-13-19-12-17(15-27)8-9-21(19)31-24(22)18-6-4-3-5-7-18/h2*3-9,12,20,22,24H,10-11,13-14,16H2,1-2H3/t2*20-,22+,24-,26-/m11/s1. The number of ketones is 2. The lowest BCUT2D eigenvalue weighted by Gasteiger charge is -2.37. The van der Waals surface area contributed by atoms with Crippen molar-refractivity contribution in [3.8, 4) is 23.6 Å². The third kappa shape index (κ3) is 7.93. The molecule has 2 aliphatic heterocycles. The summed E-state index contributed by atoms with van der Waals surface area (Å²) < 4.78 is 77.7. The average molecular weight is 931 g/mol. The molecule has 8 atom stereocenters. The topological polar surface area (TPSA) is 187 Å². The maximum atomic E-state index is 13.4. The van der Waals surface area contributed by atoms with Gasteiger partial charge in [0, 0.05) is 25.7 Å². The van der Waals surface area contributed by atoms with Crippen LogP contribution in [-0.2, 0) is 51.0 Å². The fraction of sp³-hybridized carbons (Fsp3) is 0.462. The molecule has 6 aliphatic rings. The van der Waals surface area contributed by atoms with Gasteiger partial charge in [0.1, 0.15) is 35.3 Å². The number of fused-ring (bicyclic) bond motifs is 6. The molecule has 4 fully saturated rings. The van der Waals surface area contributed by atoms with Crippen LogP contribution in [0.3, 0.4) is 0 Å². The highest BCUT2D eigenvalue weighted by molar-refractivity contribution is 7.87. The Labute approximate surface area is 387 Å². The third-order valence-electron chi connectivity index (χ3n) is 16.3. The van der Waals surface area contributed by atoms with Crippen molar-refractivity contribution >= 4 is 31.8 Å². The first-order valence-corrected chi connectivity index (χ1v) is 25.8. The van der Waals surface area contributed by atoms with Crippen molar-refractivity contribution in [2.24, 2.45) is 33.5 Å². The van der Waals surface area contributed by atoms with Gasteiger partial charge in [-0.3, -0.25) is 18.0 Å². The van der Waals surface area contributed by atoms with Gasteiger partial charge in [0.15, 0.2) is 12.2 Å². The SMILES string of the molecule is CC1(C)[C@@H]2CC[C@@]1(CS(=O)(=O)O[C@H]1Cc3cc(C#N)ccc3O[C@@H]1c1ccccc1)C(=O)C2.CC1(C)[C@@H]2CC[C@@]1(CS(=O)(=O)O[C@H]1Cc3cc(C#N)ccc3O[C@@H]1c1ccccc1)C(=O)C2. The number of hydrogen-bond donors (Lipinski definition) is 0. The molecule has 2 heterocycles. The number of carbonyl (C=O) groups excluding carboxylic acids is 2. The Kier molecular flexibility index (Phi) is 11.6. The average Bonchev–Trinajstić information content (AvgIpc) is 3.82. The molecule has 0 N–H and O–H groups in total. The van der Waals surface area contributed by atoms with Crippen LogP contribution in [0.1, 0.15) is 112 Å². The van der Waals surface area contributed by atoms with E-state index in [1.54, 1.807) is 36.4 Å². The molecule has 4 aromatic carbocycles. The number of carbonyl (C=O) groups is 2. The van der Waals surface area contributed by atoms with E-state index < -0.39 is 55.5 Å². The van der Waals surface area contributed by atoms with E-state index in [1.165, 1.54) is 0 Å². The molecule has 4 aromatic rings. The Morgan fingerprint density at radius 1 is 0.576 bits per heavy atom. The summed E-state index contributed by atoms with van der Waals surface area (Å²) in [5.41, 5.74) is 1.54. The molecule has 0 amide bonds. The zero-order valence-electron chi connectivity index (χ0n) is 37.6. The molecule has 4 aliphatic carbocycles. The third-order valence-corrected chi connectivity index (χ3v) is 19.1. The van der Waals surface area contributed by atoms with Gasteiger partial charge < -0.3 is 9.47 Å². The van der Waals surface area contributed by atoms with E-state index in [0.717, 1.165) is 35.1 Å². The predicted molar refractivity (Wildman–Crippen MR) is 244 cm³/mol. The maximum absolute atomic E-state index is 13.4. The summed E-state index contributed by atoms with van der Waals surface area (Å²) in [4.78, 5) is 25.8. The fourth-order valence-electron chi connectivity index (χ4n) is 12.2. The van der Waals surface area contributed by atoms with Crippen molar-refractivity contribution in [3.63, 3.8) is 0 Å². The second-order valence-corrected chi connectivity index (χ2v) is 23.4. The highest BCUT2D eigenvalue weighted by atomic mass is 32.2. The van der Waals surface area contributed by atoms with E-state index in [1.807, 2.05) is 88.4 Å². The van der Waals surface area contributed by atoms with Crippen molar-refractivity contribution in [1.82, 2.24) is 0 Å². The Balaban J connectivity index is 0.000000166. The van der Waals surface area contributed by atoms with Crippen LogP contribution < -0.4 is 9.47 Å². The number of Topliss-reactive ketones (excluding diaryl/α,β-unsaturated/α-hetero) is 2. The van der Waals surface area contributed by atoms with Gasteiger partial charge in [-0.1, -0.05) is 88.4 Å². The highest BCUT2D eigenvalue weighted by Crippen LogP contribution is 2.65. The summed E-state index contributed by atoms with van der Waals surface area (Å²) in [7, 11) is -8.07. The zero-order valence-corrected chi connectivity index (χ0v) is 39.2. The zero-order chi connectivity index (χ0) is 46.9. The Hall–Kier alpha value is -5.38. The van der Waals surface area contributed by atoms with E-state index in [4.69, 9.17) is 17.8 Å². The van der Waals surface area contributed by atoms with E-state index >= 15 is 0 Å². The fourth-order valence-corrected chi connectivity index (χ4v) is 16.0. The summed E-state index contributed by atoms with van der Waals surface area (Å²) in [6.07, 6.45) is 1.55. The van der Waals surface area contributed by atoms with Crippen molar-refractivity contribution in [2.75, 3.05) is 11.5 Å². The predicted octanol–water partition coefficient (Wildman–Crippen LogP) is 8.69. The maximum Gasteiger partial charge on any atom is 0.268 e. The summed E-state index contributed by atoms with van der Waals surface area (Å²) in [6, 6.07) is 33.3. The molecule has 0 saturated heterocycles. The molecule has 14 heteroatoms. The monoisotopic (exact) mass is 930 g/mol. The molecule has 12 nitrogen and oxygen atoms in total. The van der Waals surface area contributed by atoms with Crippen LogP contribution >= 0.6 is 0 Å². The van der Waals surface area contributed by atoms with Crippen molar-refractivity contribution in [2.45, 2.75) is 103 Å². The highest BCUT2D eigenvalue weighted by Gasteiger charge is 2.67. The van der Waals surface area contributed by atoms with Gasteiger partial charge in [0.2, 0.25) is 0 Å². The van der Waals surface area contributed by atoms with Crippen LogP contribution in [0.4, 0.5) is 0 Å². The molecule has 10 rings (SSSR count). The lowest BCUT2D eigenvalue weighted by molar-refractivity contribution is -0.128. The Morgan fingerprint density at radius 2 is 0.955 bits per heavy atom. The summed E-state index contributed by atoms with van der Waals surface area (Å²) >= 11 is 0. The van der Waals surface area contributed by atoms with E-state index in [2.05, 4.69) is 12.1 Å². The van der Waals surface area contributed by atoms with Gasteiger partial charge >= 0.3 is 0 Å². The number of ether oxygens (including phenoxy) is 2. The first-order valence-electron chi connectivity index (χ1n) is 22.7. The first-order chi connectivity index (χ1) is 31.3. The Morgan fingerprint density at radius 3 is 1.27 bits per heavy atom. The van der Waals surface area contributed by atoms with Crippen LogP contribution in [0.25, 0.3) is 0 Å². The van der Waals surface area contributed by atoms with Gasteiger partial charge in [-0.2, -0.15) is 27.4 Å². The quantitative estimate of drug-likeness (QED) is 0.138. The molecule has 4 bridgehead atoms. The molecular formula is C52H54N2O10S2. The number of rotatable bonds is 10. The van der Waals surface area contributed by atoms with Gasteiger partial charge in [-0.05, 0) is 107 Å². The summed E-state index contributed by atoms with van der Waals surface area (Å²) in [5, 5.41) is 18.5. The molecule has 0 spiro atoms. The molecule has 344 valence electrons. The molecule has 0 unspecified atom stereocenters. The molecule has 0 aromatic heterocycles.